The van der Waals surface area contributed by atoms with Crippen LogP contribution in [0.4, 0.5) is 17.1 Å². The number of anilines is 3. The molecule has 48 heavy (non-hydrogen) atoms. The van der Waals surface area contributed by atoms with Crippen molar-refractivity contribution < 1.29 is 0 Å². The molecule has 11 rings (SSSR count). The summed E-state index contributed by atoms with van der Waals surface area (Å²) in [6, 6.07) is 59.5. The molecule has 2 nitrogen and oxygen atoms in total. The van der Waals surface area contributed by atoms with Crippen LogP contribution in [0.2, 0.25) is 13.1 Å². The van der Waals surface area contributed by atoms with Crippen LogP contribution in [0.25, 0.3) is 38.6 Å². The Hall–Kier alpha value is -5.64. The van der Waals surface area contributed by atoms with Gasteiger partial charge in [0.25, 0.3) is 0 Å². The quantitative estimate of drug-likeness (QED) is 0.164. The van der Waals surface area contributed by atoms with Gasteiger partial charge in [-0.05, 0) is 68.5 Å². The molecule has 0 saturated carbocycles. The molecular formula is C45H32N2Si. The first-order chi connectivity index (χ1) is 23.6. The molecule has 1 spiro atoms. The lowest BCUT2D eigenvalue weighted by Crippen LogP contribution is -2.58. The largest absolute Gasteiger partial charge is 0.310 e. The van der Waals surface area contributed by atoms with Crippen LogP contribution in [0.1, 0.15) is 22.3 Å². The maximum Gasteiger partial charge on any atom is 0.117 e. The summed E-state index contributed by atoms with van der Waals surface area (Å²) in [7, 11) is -2.08. The van der Waals surface area contributed by atoms with Crippen molar-refractivity contribution >= 4 is 57.3 Å². The highest BCUT2D eigenvalue weighted by molar-refractivity contribution is 7.02. The van der Waals surface area contributed by atoms with Crippen LogP contribution < -0.4 is 15.3 Å². The van der Waals surface area contributed by atoms with E-state index in [4.69, 9.17) is 0 Å². The number of hydrogen-bond donors (Lipinski definition) is 0. The summed E-state index contributed by atoms with van der Waals surface area (Å²) in [5, 5.41) is 5.60. The van der Waals surface area contributed by atoms with E-state index in [1.54, 1.807) is 0 Å². The monoisotopic (exact) mass is 628 g/mol. The third-order valence-electron chi connectivity index (χ3n) is 11.6. The Morgan fingerprint density at radius 2 is 1.15 bits per heavy atom. The average Bonchev–Trinajstić information content (AvgIpc) is 3.63. The van der Waals surface area contributed by atoms with Gasteiger partial charge in [-0.3, -0.25) is 0 Å². The van der Waals surface area contributed by atoms with Crippen LogP contribution in [-0.4, -0.2) is 12.6 Å². The first kappa shape index (κ1) is 26.4. The number of benzene rings is 7. The number of aromatic nitrogens is 1. The predicted molar refractivity (Wildman–Crippen MR) is 203 cm³/mol. The Kier molecular flexibility index (Phi) is 4.97. The molecule has 1 unspecified atom stereocenters. The highest BCUT2D eigenvalue weighted by atomic mass is 28.3. The van der Waals surface area contributed by atoms with Crippen molar-refractivity contribution in [3.8, 4) is 16.8 Å². The summed E-state index contributed by atoms with van der Waals surface area (Å²) in [5.41, 5.74) is 15.4. The Morgan fingerprint density at radius 3 is 2.02 bits per heavy atom. The van der Waals surface area contributed by atoms with Gasteiger partial charge in [0, 0.05) is 27.7 Å². The van der Waals surface area contributed by atoms with Crippen LogP contribution >= 0.6 is 0 Å². The van der Waals surface area contributed by atoms with E-state index in [9.17, 15) is 0 Å². The number of rotatable bonds is 1. The molecule has 7 aromatic carbocycles. The molecular weight excluding hydrogens is 597 g/mol. The zero-order valence-corrected chi connectivity index (χ0v) is 27.9. The van der Waals surface area contributed by atoms with Crippen molar-refractivity contribution in [3.63, 3.8) is 0 Å². The summed E-state index contributed by atoms with van der Waals surface area (Å²) < 4.78 is 2.53. The molecule has 1 aromatic heterocycles. The molecule has 2 aliphatic heterocycles. The van der Waals surface area contributed by atoms with E-state index < -0.39 is 13.5 Å². The van der Waals surface area contributed by atoms with Gasteiger partial charge in [0.2, 0.25) is 0 Å². The Bertz CT molecular complexity index is 2670. The van der Waals surface area contributed by atoms with Gasteiger partial charge >= 0.3 is 0 Å². The van der Waals surface area contributed by atoms with Gasteiger partial charge in [0.15, 0.2) is 0 Å². The minimum absolute atomic E-state index is 0.466. The van der Waals surface area contributed by atoms with Gasteiger partial charge in [-0.1, -0.05) is 140 Å². The van der Waals surface area contributed by atoms with E-state index >= 15 is 0 Å². The van der Waals surface area contributed by atoms with Crippen LogP contribution in [0.3, 0.4) is 0 Å². The minimum atomic E-state index is -2.08. The molecule has 1 atom stereocenters. The fraction of sp³-hybridized carbons (Fsp3) is 0.0667. The highest BCUT2D eigenvalue weighted by Gasteiger charge is 2.53. The van der Waals surface area contributed by atoms with Crippen molar-refractivity contribution in [2.75, 3.05) is 4.90 Å². The normalized spacial score (nSPS) is 17.6. The molecule has 0 bridgehead atoms. The first-order valence-electron chi connectivity index (χ1n) is 17.0. The average molecular weight is 629 g/mol. The van der Waals surface area contributed by atoms with Crippen LogP contribution in [0, 0.1) is 0 Å². The fourth-order valence-electron chi connectivity index (χ4n) is 9.68. The second-order valence-electron chi connectivity index (χ2n) is 14.1. The Morgan fingerprint density at radius 1 is 0.479 bits per heavy atom. The smallest absolute Gasteiger partial charge is 0.117 e. The van der Waals surface area contributed by atoms with Crippen molar-refractivity contribution in [1.82, 2.24) is 4.57 Å². The number of nitrogens with zero attached hydrogens (tertiary/aromatic N) is 2. The molecule has 0 fully saturated rings. The number of hydrogen-bond acceptors (Lipinski definition) is 1. The Balaban J connectivity index is 1.35. The lowest BCUT2D eigenvalue weighted by molar-refractivity contribution is 0.748. The van der Waals surface area contributed by atoms with E-state index in [1.165, 1.54) is 88.3 Å². The summed E-state index contributed by atoms with van der Waals surface area (Å²) in [5.74, 6) is 0. The molecule has 1 aliphatic carbocycles. The molecule has 3 heterocycles. The van der Waals surface area contributed by atoms with Gasteiger partial charge in [0.05, 0.1) is 27.8 Å². The molecule has 0 N–H and O–H groups in total. The molecule has 226 valence electrons. The topological polar surface area (TPSA) is 8.17 Å². The third kappa shape index (κ3) is 2.96. The minimum Gasteiger partial charge on any atom is -0.310 e. The van der Waals surface area contributed by atoms with Crippen LogP contribution in [0.15, 0.2) is 158 Å². The van der Waals surface area contributed by atoms with Crippen molar-refractivity contribution in [1.29, 1.82) is 0 Å². The second kappa shape index (κ2) is 9.03. The lowest BCUT2D eigenvalue weighted by atomic mass is 9.65. The van der Waals surface area contributed by atoms with Gasteiger partial charge < -0.3 is 9.47 Å². The lowest BCUT2D eigenvalue weighted by Gasteiger charge is -2.43. The zero-order chi connectivity index (χ0) is 31.8. The summed E-state index contributed by atoms with van der Waals surface area (Å²) in [6.07, 6.45) is 0. The summed E-state index contributed by atoms with van der Waals surface area (Å²) in [6.45, 7) is 5.07. The van der Waals surface area contributed by atoms with E-state index in [0.29, 0.717) is 0 Å². The second-order valence-corrected chi connectivity index (χ2v) is 18.4. The zero-order valence-electron chi connectivity index (χ0n) is 26.9. The number of para-hydroxylation sites is 5. The van der Waals surface area contributed by atoms with E-state index in [2.05, 4.69) is 180 Å². The molecule has 3 heteroatoms. The molecule has 0 radical (unpaired) electrons. The van der Waals surface area contributed by atoms with E-state index in [1.807, 2.05) is 0 Å². The SMILES string of the molecule is C[Si]1(C)c2ccccc2N(c2ccccc2)c2c1ccc1c2-c2ccccc2C12c1ccccc1-n1c3ccccc3c3cccc2c31. The summed E-state index contributed by atoms with van der Waals surface area (Å²) >= 11 is 0. The van der Waals surface area contributed by atoms with Gasteiger partial charge in [-0.2, -0.15) is 0 Å². The third-order valence-corrected chi connectivity index (χ3v) is 15.1. The standard InChI is InChI=1S/C45H32N2Si/c1-48(2)40-26-13-12-25-39(40)46(29-15-4-3-5-16-29)44-41(48)28-27-35-42(44)32-18-6-8-20-33(32)45(35)34-21-9-11-24-38(34)47-37-23-10-7-17-30(37)31-19-14-22-36(45)43(31)47/h3-28H,1-2H3. The molecule has 0 amide bonds. The van der Waals surface area contributed by atoms with E-state index in [-0.39, 0.29) is 0 Å². The van der Waals surface area contributed by atoms with Crippen molar-refractivity contribution in [2.24, 2.45) is 0 Å². The van der Waals surface area contributed by atoms with Crippen molar-refractivity contribution in [2.45, 2.75) is 18.5 Å². The van der Waals surface area contributed by atoms with Crippen LogP contribution in [-0.2, 0) is 5.41 Å². The number of fused-ring (bicyclic) bond motifs is 15. The molecule has 0 saturated heterocycles. The van der Waals surface area contributed by atoms with Gasteiger partial charge in [-0.15, -0.1) is 0 Å². The Labute approximate surface area is 281 Å². The molecule has 8 aromatic rings. The maximum atomic E-state index is 2.57. The summed E-state index contributed by atoms with van der Waals surface area (Å²) in [4.78, 5) is 2.57. The van der Waals surface area contributed by atoms with E-state index in [0.717, 1.165) is 0 Å². The van der Waals surface area contributed by atoms with Crippen molar-refractivity contribution in [3.05, 3.63) is 180 Å². The fourth-order valence-corrected chi connectivity index (χ4v) is 12.6. The highest BCUT2D eigenvalue weighted by Crippen LogP contribution is 2.63. The van der Waals surface area contributed by atoms with Crippen LogP contribution in [0.5, 0.6) is 0 Å². The van der Waals surface area contributed by atoms with Gasteiger partial charge in [0.1, 0.15) is 8.07 Å². The maximum absolute atomic E-state index is 2.57. The van der Waals surface area contributed by atoms with Gasteiger partial charge in [-0.25, -0.2) is 0 Å². The first-order valence-corrected chi connectivity index (χ1v) is 20.0. The molecule has 3 aliphatic rings. The predicted octanol–water partition coefficient (Wildman–Crippen LogP) is 10.1.